The molecule has 3 aromatic heterocycles. The van der Waals surface area contributed by atoms with Crippen molar-refractivity contribution in [2.45, 2.75) is 19.6 Å². The summed E-state index contributed by atoms with van der Waals surface area (Å²) in [6.07, 6.45) is 3.66. The molecule has 9 heteroatoms. The number of aromatic nitrogens is 5. The molecule has 31 heavy (non-hydrogen) atoms. The van der Waals surface area contributed by atoms with Gasteiger partial charge >= 0.3 is 0 Å². The Balaban J connectivity index is 1.79. The van der Waals surface area contributed by atoms with Crippen molar-refractivity contribution in [3.63, 3.8) is 0 Å². The first kappa shape index (κ1) is 20.4. The summed E-state index contributed by atoms with van der Waals surface area (Å²) >= 11 is 0. The van der Waals surface area contributed by atoms with Crippen LogP contribution in [0.4, 0.5) is 5.69 Å². The van der Waals surface area contributed by atoms with Crippen molar-refractivity contribution in [2.24, 2.45) is 12.8 Å². The van der Waals surface area contributed by atoms with Gasteiger partial charge in [-0.15, -0.1) is 10.2 Å². The van der Waals surface area contributed by atoms with E-state index in [1.807, 2.05) is 56.6 Å². The Bertz CT molecular complexity index is 1230. The van der Waals surface area contributed by atoms with Crippen LogP contribution < -0.4 is 11.1 Å². The molecular formula is C22H23N7O2. The van der Waals surface area contributed by atoms with Crippen molar-refractivity contribution in [3.8, 4) is 11.1 Å². The second kappa shape index (κ2) is 8.49. The molecule has 1 amide bonds. The molecule has 1 aromatic carbocycles. The lowest BCUT2D eigenvalue weighted by Gasteiger charge is -2.17. The zero-order valence-electron chi connectivity index (χ0n) is 17.5. The van der Waals surface area contributed by atoms with Crippen molar-refractivity contribution in [1.82, 2.24) is 25.0 Å². The van der Waals surface area contributed by atoms with Crippen LogP contribution in [0.2, 0.25) is 0 Å². The summed E-state index contributed by atoms with van der Waals surface area (Å²) in [7, 11) is 3.49. The number of nitrogens with one attached hydrogen (secondary N) is 1. The van der Waals surface area contributed by atoms with Gasteiger partial charge in [0.15, 0.2) is 5.69 Å². The van der Waals surface area contributed by atoms with Crippen molar-refractivity contribution in [2.75, 3.05) is 12.4 Å². The molecule has 4 aromatic rings. The predicted molar refractivity (Wildman–Crippen MR) is 117 cm³/mol. The molecule has 1 atom stereocenters. The number of carbonyl (C=O) groups excluding carboxylic acids is 1. The van der Waals surface area contributed by atoms with Gasteiger partial charge in [-0.25, -0.2) is 0 Å². The highest BCUT2D eigenvalue weighted by Gasteiger charge is 2.19. The van der Waals surface area contributed by atoms with E-state index < -0.39 is 5.91 Å². The SMILES string of the molecule is COCc1ccc(-c2ccc3nnc(C(N)=O)c(N[C@@H](C)c4ccn(C)n4)c3c2)cn1. The summed E-state index contributed by atoms with van der Waals surface area (Å²) in [4.78, 5) is 16.5. The van der Waals surface area contributed by atoms with Crippen molar-refractivity contribution >= 4 is 22.5 Å². The average molecular weight is 417 g/mol. The van der Waals surface area contributed by atoms with Gasteiger partial charge in [-0.2, -0.15) is 5.10 Å². The summed E-state index contributed by atoms with van der Waals surface area (Å²) in [5, 5.41) is 16.8. The van der Waals surface area contributed by atoms with Crippen LogP contribution in [0, 0.1) is 0 Å². The number of aryl methyl sites for hydroxylation is 1. The van der Waals surface area contributed by atoms with Gasteiger partial charge in [-0.1, -0.05) is 12.1 Å². The Morgan fingerprint density at radius 2 is 2.00 bits per heavy atom. The molecule has 3 heterocycles. The van der Waals surface area contributed by atoms with Gasteiger partial charge < -0.3 is 15.8 Å². The number of rotatable bonds is 7. The molecule has 0 aliphatic rings. The standard InChI is InChI=1S/C22H23N7O2/c1-13(18-8-9-29(2)28-18)25-20-17-10-14(15-4-6-16(12-31-3)24-11-15)5-7-19(17)26-27-21(20)22(23)30/h4-11,13H,12H2,1-3H3,(H2,23,30)(H,25,26)/t13-/m0/s1. The lowest BCUT2D eigenvalue weighted by Crippen LogP contribution is -2.19. The lowest BCUT2D eigenvalue weighted by atomic mass is 10.0. The zero-order valence-corrected chi connectivity index (χ0v) is 17.5. The molecule has 0 aliphatic heterocycles. The van der Waals surface area contributed by atoms with Crippen LogP contribution in [0.5, 0.6) is 0 Å². The van der Waals surface area contributed by atoms with Gasteiger partial charge in [0.1, 0.15) is 0 Å². The Morgan fingerprint density at radius 1 is 1.19 bits per heavy atom. The molecule has 0 saturated heterocycles. The highest BCUT2D eigenvalue weighted by Crippen LogP contribution is 2.31. The number of benzene rings is 1. The number of primary amides is 1. The summed E-state index contributed by atoms with van der Waals surface area (Å²) in [5.74, 6) is -0.652. The van der Waals surface area contributed by atoms with E-state index in [0.29, 0.717) is 17.8 Å². The topological polar surface area (TPSA) is 121 Å². The Hall–Kier alpha value is -3.85. The van der Waals surface area contributed by atoms with Gasteiger partial charge in [0.25, 0.3) is 5.91 Å². The van der Waals surface area contributed by atoms with E-state index in [-0.39, 0.29) is 11.7 Å². The maximum absolute atomic E-state index is 12.1. The van der Waals surface area contributed by atoms with E-state index in [4.69, 9.17) is 10.5 Å². The fourth-order valence-corrected chi connectivity index (χ4v) is 3.39. The number of pyridine rings is 1. The third-order valence-corrected chi connectivity index (χ3v) is 4.98. The number of nitrogens with two attached hydrogens (primary N) is 1. The second-order valence-corrected chi connectivity index (χ2v) is 7.27. The van der Waals surface area contributed by atoms with E-state index in [9.17, 15) is 4.79 Å². The van der Waals surface area contributed by atoms with E-state index >= 15 is 0 Å². The monoisotopic (exact) mass is 417 g/mol. The first-order chi connectivity index (χ1) is 15.0. The van der Waals surface area contributed by atoms with Crippen molar-refractivity contribution in [3.05, 3.63) is 65.9 Å². The van der Waals surface area contributed by atoms with Gasteiger partial charge in [0.2, 0.25) is 0 Å². The first-order valence-electron chi connectivity index (χ1n) is 9.77. The number of carbonyl (C=O) groups is 1. The fraction of sp³-hybridized carbons (Fsp3) is 0.227. The van der Waals surface area contributed by atoms with Crippen LogP contribution in [0.15, 0.2) is 48.8 Å². The molecule has 0 radical (unpaired) electrons. The Kier molecular flexibility index (Phi) is 5.59. The van der Waals surface area contributed by atoms with E-state index in [0.717, 1.165) is 27.9 Å². The highest BCUT2D eigenvalue weighted by atomic mass is 16.5. The van der Waals surface area contributed by atoms with Gasteiger partial charge in [-0.05, 0) is 36.8 Å². The average Bonchev–Trinajstić information content (AvgIpc) is 3.20. The molecule has 9 nitrogen and oxygen atoms in total. The van der Waals surface area contributed by atoms with Crippen LogP contribution in [0.3, 0.4) is 0 Å². The third-order valence-electron chi connectivity index (χ3n) is 4.98. The maximum atomic E-state index is 12.1. The zero-order chi connectivity index (χ0) is 22.0. The second-order valence-electron chi connectivity index (χ2n) is 7.27. The number of fused-ring (bicyclic) bond motifs is 1. The molecule has 4 rings (SSSR count). The largest absolute Gasteiger partial charge is 0.378 e. The van der Waals surface area contributed by atoms with Gasteiger partial charge in [-0.3, -0.25) is 14.5 Å². The van der Waals surface area contributed by atoms with Crippen molar-refractivity contribution < 1.29 is 9.53 Å². The summed E-state index contributed by atoms with van der Waals surface area (Å²) in [5.41, 5.74) is 10.4. The summed E-state index contributed by atoms with van der Waals surface area (Å²) in [6, 6.07) is 11.4. The van der Waals surface area contributed by atoms with Crippen LogP contribution in [-0.2, 0) is 18.4 Å². The number of methoxy groups -OCH3 is 1. The van der Waals surface area contributed by atoms with Crippen LogP contribution in [0.25, 0.3) is 22.0 Å². The molecule has 0 spiro atoms. The Morgan fingerprint density at radius 3 is 2.65 bits per heavy atom. The molecule has 3 N–H and O–H groups in total. The Labute approximate surface area is 179 Å². The van der Waals surface area contributed by atoms with Gasteiger partial charge in [0, 0.05) is 37.5 Å². The molecule has 0 bridgehead atoms. The van der Waals surface area contributed by atoms with E-state index in [1.54, 1.807) is 18.0 Å². The fourth-order valence-electron chi connectivity index (χ4n) is 3.39. The molecule has 0 unspecified atom stereocenters. The quantitative estimate of drug-likeness (QED) is 0.474. The van der Waals surface area contributed by atoms with E-state index in [2.05, 4.69) is 25.6 Å². The normalized spacial score (nSPS) is 12.1. The number of hydrogen-bond donors (Lipinski definition) is 2. The highest BCUT2D eigenvalue weighted by molar-refractivity contribution is 6.05. The van der Waals surface area contributed by atoms with Crippen LogP contribution in [-0.4, -0.2) is 38.0 Å². The minimum absolute atomic E-state index is 0.0843. The number of ether oxygens (including phenoxy) is 1. The minimum Gasteiger partial charge on any atom is -0.378 e. The molecule has 0 aliphatic carbocycles. The molecule has 158 valence electrons. The lowest BCUT2D eigenvalue weighted by molar-refractivity contribution is 0.0995. The van der Waals surface area contributed by atoms with Gasteiger partial charge in [0.05, 0.1) is 35.2 Å². The minimum atomic E-state index is -0.652. The number of amides is 1. The molecule has 0 saturated carbocycles. The first-order valence-corrected chi connectivity index (χ1v) is 9.77. The summed E-state index contributed by atoms with van der Waals surface area (Å²) in [6.45, 7) is 2.41. The predicted octanol–water partition coefficient (Wildman–Crippen LogP) is 2.84. The molecule has 0 fully saturated rings. The summed E-state index contributed by atoms with van der Waals surface area (Å²) < 4.78 is 6.85. The van der Waals surface area contributed by atoms with Crippen LogP contribution in [0.1, 0.15) is 34.8 Å². The molecular weight excluding hydrogens is 394 g/mol. The smallest absolute Gasteiger partial charge is 0.271 e. The van der Waals surface area contributed by atoms with Crippen LogP contribution >= 0.6 is 0 Å². The van der Waals surface area contributed by atoms with E-state index in [1.165, 1.54) is 0 Å². The maximum Gasteiger partial charge on any atom is 0.271 e. The number of anilines is 1. The van der Waals surface area contributed by atoms with Crippen molar-refractivity contribution in [1.29, 1.82) is 0 Å². The number of nitrogens with zero attached hydrogens (tertiary/aromatic N) is 5. The third kappa shape index (κ3) is 4.22. The number of hydrogen-bond acceptors (Lipinski definition) is 7.